The Labute approximate surface area is 118 Å². The Morgan fingerprint density at radius 3 is 2.55 bits per heavy atom. The van der Waals surface area contributed by atoms with Crippen molar-refractivity contribution in [2.75, 3.05) is 30.7 Å². The smallest absolute Gasteiger partial charge is 0.254 e. The highest BCUT2D eigenvalue weighted by atomic mass is 32.2. The zero-order chi connectivity index (χ0) is 14.8. The number of rotatable bonds is 3. The Morgan fingerprint density at radius 1 is 1.35 bits per heavy atom. The third-order valence-corrected chi connectivity index (χ3v) is 3.67. The molecular formula is C13H18N2O4S. The van der Waals surface area contributed by atoms with Crippen LogP contribution in [0, 0.1) is 0 Å². The monoisotopic (exact) mass is 298 g/mol. The fraction of sp³-hybridized carbons (Fsp3) is 0.462. The predicted octanol–water partition coefficient (Wildman–Crippen LogP) is 0.919. The van der Waals surface area contributed by atoms with Gasteiger partial charge in [0.2, 0.25) is 10.0 Å². The number of ether oxygens (including phenoxy) is 1. The third-order valence-electron chi connectivity index (χ3n) is 3.06. The minimum absolute atomic E-state index is 0.0464. The minimum Gasteiger partial charge on any atom is -0.377 e. The molecule has 1 unspecified atom stereocenters. The van der Waals surface area contributed by atoms with Crippen molar-refractivity contribution in [2.24, 2.45) is 0 Å². The Balaban J connectivity index is 2.11. The van der Waals surface area contributed by atoms with Crippen LogP contribution in [0.4, 0.5) is 5.69 Å². The Morgan fingerprint density at radius 2 is 2.00 bits per heavy atom. The summed E-state index contributed by atoms with van der Waals surface area (Å²) in [6.07, 6.45) is 1.08. The summed E-state index contributed by atoms with van der Waals surface area (Å²) in [4.78, 5) is 14.1. The van der Waals surface area contributed by atoms with Crippen LogP contribution in [0.25, 0.3) is 0 Å². The molecule has 1 amide bonds. The minimum atomic E-state index is -3.30. The summed E-state index contributed by atoms with van der Waals surface area (Å²) in [5.74, 6) is -0.0632. The lowest BCUT2D eigenvalue weighted by molar-refractivity contribution is 0.00359. The lowest BCUT2D eigenvalue weighted by Crippen LogP contribution is -2.47. The normalized spacial score (nSPS) is 19.7. The second-order valence-corrected chi connectivity index (χ2v) is 6.62. The number of benzene rings is 1. The standard InChI is InChI=1S/C13H18N2O4S/c1-10-9-19-8-7-15(10)13(16)11-3-5-12(6-4-11)14-20(2,17)18/h3-6,10,14H,7-9H2,1-2H3. The maximum absolute atomic E-state index is 12.3. The zero-order valence-corrected chi connectivity index (χ0v) is 12.3. The largest absolute Gasteiger partial charge is 0.377 e. The van der Waals surface area contributed by atoms with Crippen LogP contribution in [0.3, 0.4) is 0 Å². The first kappa shape index (κ1) is 14.8. The number of sulfonamides is 1. The predicted molar refractivity (Wildman–Crippen MR) is 76.2 cm³/mol. The van der Waals surface area contributed by atoms with Gasteiger partial charge < -0.3 is 9.64 Å². The van der Waals surface area contributed by atoms with Crippen LogP contribution in [0.5, 0.6) is 0 Å². The van der Waals surface area contributed by atoms with Crippen LogP contribution in [0.2, 0.25) is 0 Å². The van der Waals surface area contributed by atoms with Crippen molar-refractivity contribution in [1.29, 1.82) is 0 Å². The van der Waals surface area contributed by atoms with E-state index in [4.69, 9.17) is 4.74 Å². The van der Waals surface area contributed by atoms with Gasteiger partial charge in [-0.3, -0.25) is 9.52 Å². The second kappa shape index (κ2) is 5.80. The summed E-state index contributed by atoms with van der Waals surface area (Å²) in [5, 5.41) is 0. The van der Waals surface area contributed by atoms with Crippen molar-refractivity contribution in [3.8, 4) is 0 Å². The van der Waals surface area contributed by atoms with Gasteiger partial charge in [0.25, 0.3) is 5.91 Å². The number of carbonyl (C=O) groups excluding carboxylic acids is 1. The van der Waals surface area contributed by atoms with E-state index in [0.29, 0.717) is 31.0 Å². The molecule has 6 nitrogen and oxygen atoms in total. The summed E-state index contributed by atoms with van der Waals surface area (Å²) in [5.41, 5.74) is 0.983. The highest BCUT2D eigenvalue weighted by molar-refractivity contribution is 7.92. The van der Waals surface area contributed by atoms with E-state index >= 15 is 0 Å². The van der Waals surface area contributed by atoms with Gasteiger partial charge in [0.1, 0.15) is 0 Å². The number of hydrogen-bond acceptors (Lipinski definition) is 4. The molecule has 1 heterocycles. The summed E-state index contributed by atoms with van der Waals surface area (Å²) in [7, 11) is -3.30. The summed E-state index contributed by atoms with van der Waals surface area (Å²) in [6.45, 7) is 3.60. The second-order valence-electron chi connectivity index (χ2n) is 4.87. The topological polar surface area (TPSA) is 75.7 Å². The number of anilines is 1. The lowest BCUT2D eigenvalue weighted by atomic mass is 10.1. The van der Waals surface area contributed by atoms with Crippen LogP contribution in [0.15, 0.2) is 24.3 Å². The Bertz CT molecular complexity index is 583. The van der Waals surface area contributed by atoms with Crippen molar-refractivity contribution >= 4 is 21.6 Å². The van der Waals surface area contributed by atoms with Gasteiger partial charge in [-0.25, -0.2) is 8.42 Å². The molecule has 0 saturated carbocycles. The number of carbonyl (C=O) groups is 1. The summed E-state index contributed by atoms with van der Waals surface area (Å²) >= 11 is 0. The number of nitrogens with one attached hydrogen (secondary N) is 1. The first-order valence-corrected chi connectivity index (χ1v) is 8.22. The molecule has 1 saturated heterocycles. The number of amides is 1. The van der Waals surface area contributed by atoms with Gasteiger partial charge in [-0.15, -0.1) is 0 Å². The van der Waals surface area contributed by atoms with E-state index in [1.807, 2.05) is 6.92 Å². The fourth-order valence-electron chi connectivity index (χ4n) is 2.09. The SMILES string of the molecule is CC1COCCN1C(=O)c1ccc(NS(C)(=O)=O)cc1. The van der Waals surface area contributed by atoms with Gasteiger partial charge in [0.15, 0.2) is 0 Å². The van der Waals surface area contributed by atoms with Gasteiger partial charge in [-0.1, -0.05) is 0 Å². The van der Waals surface area contributed by atoms with Crippen molar-refractivity contribution in [2.45, 2.75) is 13.0 Å². The van der Waals surface area contributed by atoms with Crippen molar-refractivity contribution in [3.63, 3.8) is 0 Å². The van der Waals surface area contributed by atoms with E-state index in [2.05, 4.69) is 4.72 Å². The molecule has 1 aliphatic heterocycles. The summed E-state index contributed by atoms with van der Waals surface area (Å²) < 4.78 is 29.9. The third kappa shape index (κ3) is 3.71. The average Bonchev–Trinajstić information content (AvgIpc) is 2.37. The van der Waals surface area contributed by atoms with E-state index in [9.17, 15) is 13.2 Å². The molecule has 1 atom stereocenters. The number of hydrogen-bond donors (Lipinski definition) is 1. The Kier molecular flexibility index (Phi) is 4.29. The molecule has 1 aromatic rings. The van der Waals surface area contributed by atoms with Crippen LogP contribution in [0.1, 0.15) is 17.3 Å². The van der Waals surface area contributed by atoms with E-state index in [0.717, 1.165) is 6.26 Å². The van der Waals surface area contributed by atoms with E-state index in [1.54, 1.807) is 29.2 Å². The van der Waals surface area contributed by atoms with E-state index < -0.39 is 10.0 Å². The quantitative estimate of drug-likeness (QED) is 0.900. The van der Waals surface area contributed by atoms with Crippen molar-refractivity contribution < 1.29 is 17.9 Å². The number of morpholine rings is 1. The van der Waals surface area contributed by atoms with Crippen LogP contribution in [-0.4, -0.2) is 51.3 Å². The molecule has 1 fully saturated rings. The fourth-order valence-corrected chi connectivity index (χ4v) is 2.65. The first-order valence-electron chi connectivity index (χ1n) is 6.33. The van der Waals surface area contributed by atoms with Gasteiger partial charge >= 0.3 is 0 Å². The number of nitrogens with zero attached hydrogens (tertiary/aromatic N) is 1. The van der Waals surface area contributed by atoms with Crippen LogP contribution in [-0.2, 0) is 14.8 Å². The maximum atomic E-state index is 12.3. The lowest BCUT2D eigenvalue weighted by Gasteiger charge is -2.33. The van der Waals surface area contributed by atoms with Crippen molar-refractivity contribution in [3.05, 3.63) is 29.8 Å². The molecule has 2 rings (SSSR count). The van der Waals surface area contributed by atoms with E-state index in [-0.39, 0.29) is 11.9 Å². The van der Waals surface area contributed by atoms with Crippen LogP contribution < -0.4 is 4.72 Å². The highest BCUT2D eigenvalue weighted by Crippen LogP contribution is 2.15. The molecule has 0 aromatic heterocycles. The zero-order valence-electron chi connectivity index (χ0n) is 11.5. The van der Waals surface area contributed by atoms with Gasteiger partial charge in [-0.05, 0) is 31.2 Å². The molecule has 0 spiro atoms. The van der Waals surface area contributed by atoms with Crippen LogP contribution >= 0.6 is 0 Å². The molecule has 7 heteroatoms. The van der Waals surface area contributed by atoms with Gasteiger partial charge in [0, 0.05) is 17.8 Å². The average molecular weight is 298 g/mol. The van der Waals surface area contributed by atoms with Crippen molar-refractivity contribution in [1.82, 2.24) is 4.90 Å². The molecule has 20 heavy (non-hydrogen) atoms. The molecule has 1 aromatic carbocycles. The molecule has 0 radical (unpaired) electrons. The molecular weight excluding hydrogens is 280 g/mol. The molecule has 0 bridgehead atoms. The Hall–Kier alpha value is -1.60. The van der Waals surface area contributed by atoms with Gasteiger partial charge in [-0.2, -0.15) is 0 Å². The van der Waals surface area contributed by atoms with Gasteiger partial charge in [0.05, 0.1) is 25.5 Å². The molecule has 1 N–H and O–H groups in total. The molecule has 1 aliphatic rings. The first-order chi connectivity index (χ1) is 9.37. The summed E-state index contributed by atoms with van der Waals surface area (Å²) in [6, 6.07) is 6.46. The molecule has 0 aliphatic carbocycles. The molecule has 110 valence electrons. The highest BCUT2D eigenvalue weighted by Gasteiger charge is 2.24. The maximum Gasteiger partial charge on any atom is 0.254 e. The van der Waals surface area contributed by atoms with E-state index in [1.165, 1.54) is 0 Å².